The first kappa shape index (κ1) is 19.2. The number of amides is 1. The van der Waals surface area contributed by atoms with E-state index in [1.807, 2.05) is 13.8 Å². The summed E-state index contributed by atoms with van der Waals surface area (Å²) in [7, 11) is 3.07. The van der Waals surface area contributed by atoms with Gasteiger partial charge in [-0.15, -0.1) is 0 Å². The van der Waals surface area contributed by atoms with E-state index < -0.39 is 12.0 Å². The van der Waals surface area contributed by atoms with Gasteiger partial charge in [0.25, 0.3) is 0 Å². The van der Waals surface area contributed by atoms with Crippen LogP contribution in [0, 0.1) is 19.8 Å². The molecule has 25 heavy (non-hydrogen) atoms. The van der Waals surface area contributed by atoms with E-state index in [-0.39, 0.29) is 17.6 Å². The van der Waals surface area contributed by atoms with Gasteiger partial charge in [-0.2, -0.15) is 0 Å². The molecule has 0 bridgehead atoms. The summed E-state index contributed by atoms with van der Waals surface area (Å²) in [6.45, 7) is 7.72. The second kappa shape index (κ2) is 7.42. The number of aromatic nitrogens is 1. The molecule has 1 aromatic rings. The molecule has 6 nitrogen and oxygen atoms in total. The Labute approximate surface area is 149 Å². The van der Waals surface area contributed by atoms with E-state index in [2.05, 4.69) is 0 Å². The molecule has 138 valence electrons. The molecule has 0 saturated heterocycles. The highest BCUT2D eigenvalue weighted by Crippen LogP contribution is 2.30. The number of hydrogen-bond donors (Lipinski definition) is 0. The van der Waals surface area contributed by atoms with Crippen molar-refractivity contribution >= 4 is 17.7 Å². The number of rotatable bonds is 6. The van der Waals surface area contributed by atoms with Crippen molar-refractivity contribution in [2.75, 3.05) is 13.7 Å². The number of Topliss-reactive ketones (excluding diaryl/α,β-unsaturated/α-hetero) is 1. The van der Waals surface area contributed by atoms with Gasteiger partial charge in [-0.05, 0) is 46.1 Å². The lowest BCUT2D eigenvalue weighted by molar-refractivity contribution is -0.139. The Morgan fingerprint density at radius 1 is 1.28 bits per heavy atom. The van der Waals surface area contributed by atoms with Gasteiger partial charge in [0.05, 0.1) is 13.2 Å². The van der Waals surface area contributed by atoms with Crippen molar-refractivity contribution in [1.82, 2.24) is 9.47 Å². The molecule has 1 saturated carbocycles. The smallest absolute Gasteiger partial charge is 0.354 e. The average molecular weight is 348 g/mol. The molecule has 1 aliphatic carbocycles. The maximum absolute atomic E-state index is 13.1. The standard InChI is InChI=1S/C19H28N2O4/c1-7-21(18(23)14-9-8-10-14)13(4)17(22)15-11(2)16(19(24)25-6)20(5)12(15)3/h13-14H,7-10H2,1-6H3. The summed E-state index contributed by atoms with van der Waals surface area (Å²) in [5, 5.41) is 0. The molecular formula is C19H28N2O4. The van der Waals surface area contributed by atoms with Gasteiger partial charge in [0.1, 0.15) is 5.69 Å². The van der Waals surface area contributed by atoms with Crippen molar-refractivity contribution in [2.24, 2.45) is 13.0 Å². The third-order valence-corrected chi connectivity index (χ3v) is 5.48. The zero-order valence-corrected chi connectivity index (χ0v) is 16.0. The first-order valence-electron chi connectivity index (χ1n) is 8.85. The van der Waals surface area contributed by atoms with Crippen LogP contribution >= 0.6 is 0 Å². The number of carbonyl (C=O) groups excluding carboxylic acids is 3. The Hall–Kier alpha value is -2.11. The van der Waals surface area contributed by atoms with Crippen LogP contribution in [0.15, 0.2) is 0 Å². The van der Waals surface area contributed by atoms with Gasteiger partial charge in [-0.25, -0.2) is 4.79 Å². The second-order valence-corrected chi connectivity index (χ2v) is 6.78. The predicted octanol–water partition coefficient (Wildman–Crippen LogP) is 2.65. The van der Waals surface area contributed by atoms with Crippen LogP contribution < -0.4 is 0 Å². The maximum atomic E-state index is 13.1. The minimum absolute atomic E-state index is 0.0544. The zero-order valence-electron chi connectivity index (χ0n) is 16.0. The molecule has 0 aliphatic heterocycles. The molecule has 0 aromatic carbocycles. The lowest BCUT2D eigenvalue weighted by atomic mass is 9.84. The van der Waals surface area contributed by atoms with Crippen LogP contribution in [0.3, 0.4) is 0 Å². The van der Waals surface area contributed by atoms with E-state index in [4.69, 9.17) is 4.74 Å². The minimum atomic E-state index is -0.552. The van der Waals surface area contributed by atoms with Crippen molar-refractivity contribution in [3.05, 3.63) is 22.5 Å². The van der Waals surface area contributed by atoms with E-state index in [1.54, 1.807) is 30.4 Å². The number of ether oxygens (including phenoxy) is 1. The number of ketones is 1. The van der Waals surface area contributed by atoms with Gasteiger partial charge in [-0.1, -0.05) is 6.42 Å². The third-order valence-electron chi connectivity index (χ3n) is 5.48. The van der Waals surface area contributed by atoms with Crippen LogP contribution in [-0.4, -0.2) is 46.8 Å². The summed E-state index contributed by atoms with van der Waals surface area (Å²) < 4.78 is 6.52. The SMILES string of the molecule is CCN(C(=O)C1CCC1)C(C)C(=O)c1c(C)c(C(=O)OC)n(C)c1C. The number of likely N-dealkylation sites (N-methyl/N-ethyl adjacent to an activating group) is 1. The van der Waals surface area contributed by atoms with E-state index in [0.29, 0.717) is 29.1 Å². The van der Waals surface area contributed by atoms with Crippen molar-refractivity contribution in [3.8, 4) is 0 Å². The predicted molar refractivity (Wildman–Crippen MR) is 94.7 cm³/mol. The van der Waals surface area contributed by atoms with Gasteiger partial charge >= 0.3 is 5.97 Å². The fourth-order valence-corrected chi connectivity index (χ4v) is 3.59. The van der Waals surface area contributed by atoms with Crippen LogP contribution in [0.4, 0.5) is 0 Å². The van der Waals surface area contributed by atoms with Crippen LogP contribution in [0.2, 0.25) is 0 Å². The Kier molecular flexibility index (Phi) is 5.70. The van der Waals surface area contributed by atoms with Gasteiger partial charge < -0.3 is 14.2 Å². The first-order valence-corrected chi connectivity index (χ1v) is 8.85. The van der Waals surface area contributed by atoms with Gasteiger partial charge in [-0.3, -0.25) is 9.59 Å². The quantitative estimate of drug-likeness (QED) is 0.585. The highest BCUT2D eigenvalue weighted by atomic mass is 16.5. The maximum Gasteiger partial charge on any atom is 0.354 e. The summed E-state index contributed by atoms with van der Waals surface area (Å²) in [5.41, 5.74) is 2.21. The number of esters is 1. The second-order valence-electron chi connectivity index (χ2n) is 6.78. The molecular weight excluding hydrogens is 320 g/mol. The van der Waals surface area contributed by atoms with Crippen LogP contribution in [0.5, 0.6) is 0 Å². The van der Waals surface area contributed by atoms with E-state index in [1.165, 1.54) is 7.11 Å². The summed E-state index contributed by atoms with van der Waals surface area (Å²) in [6.07, 6.45) is 2.90. The highest BCUT2D eigenvalue weighted by Gasteiger charge is 2.35. The number of hydrogen-bond acceptors (Lipinski definition) is 4. The van der Waals surface area contributed by atoms with Crippen LogP contribution in [0.25, 0.3) is 0 Å². The van der Waals surface area contributed by atoms with Gasteiger partial charge in [0, 0.05) is 30.8 Å². The first-order chi connectivity index (χ1) is 11.8. The zero-order chi connectivity index (χ0) is 18.9. The average Bonchev–Trinajstić information content (AvgIpc) is 2.74. The number of methoxy groups -OCH3 is 1. The highest BCUT2D eigenvalue weighted by molar-refractivity contribution is 6.06. The molecule has 0 spiro atoms. The van der Waals surface area contributed by atoms with Gasteiger partial charge in [0.15, 0.2) is 5.78 Å². The Balaban J connectivity index is 2.36. The molecule has 1 atom stereocenters. The molecule has 1 aliphatic rings. The largest absolute Gasteiger partial charge is 0.464 e. The lowest BCUT2D eigenvalue weighted by Gasteiger charge is -2.34. The summed E-state index contributed by atoms with van der Waals surface area (Å²) >= 11 is 0. The molecule has 1 aromatic heterocycles. The topological polar surface area (TPSA) is 68.6 Å². The third kappa shape index (κ3) is 3.22. The molecule has 1 amide bonds. The summed E-state index contributed by atoms with van der Waals surface area (Å²) in [5.74, 6) is -0.476. The van der Waals surface area contributed by atoms with Crippen molar-refractivity contribution in [3.63, 3.8) is 0 Å². The molecule has 6 heteroatoms. The van der Waals surface area contributed by atoms with E-state index in [9.17, 15) is 14.4 Å². The number of nitrogens with zero attached hydrogens (tertiary/aromatic N) is 2. The molecule has 1 unspecified atom stereocenters. The Morgan fingerprint density at radius 2 is 1.88 bits per heavy atom. The van der Waals surface area contributed by atoms with E-state index in [0.717, 1.165) is 19.3 Å². The molecule has 0 radical (unpaired) electrons. The number of carbonyl (C=O) groups is 3. The van der Waals surface area contributed by atoms with Gasteiger partial charge in [0.2, 0.25) is 5.91 Å². The van der Waals surface area contributed by atoms with Crippen molar-refractivity contribution in [1.29, 1.82) is 0 Å². The normalized spacial score (nSPS) is 15.4. The lowest BCUT2D eigenvalue weighted by Crippen LogP contribution is -2.47. The molecule has 1 heterocycles. The molecule has 0 N–H and O–H groups in total. The fraction of sp³-hybridized carbons (Fsp3) is 0.632. The summed E-state index contributed by atoms with van der Waals surface area (Å²) in [6, 6.07) is -0.552. The summed E-state index contributed by atoms with van der Waals surface area (Å²) in [4.78, 5) is 39.5. The molecule has 2 rings (SSSR count). The Morgan fingerprint density at radius 3 is 2.32 bits per heavy atom. The van der Waals surface area contributed by atoms with E-state index >= 15 is 0 Å². The van der Waals surface area contributed by atoms with Crippen LogP contribution in [0.1, 0.15) is 65.2 Å². The minimum Gasteiger partial charge on any atom is -0.464 e. The van der Waals surface area contributed by atoms with Crippen molar-refractivity contribution < 1.29 is 19.1 Å². The Bertz CT molecular complexity index is 701. The monoisotopic (exact) mass is 348 g/mol. The van der Waals surface area contributed by atoms with Crippen LogP contribution in [-0.2, 0) is 16.6 Å². The fourth-order valence-electron chi connectivity index (χ4n) is 3.59. The van der Waals surface area contributed by atoms with Crippen molar-refractivity contribution in [2.45, 2.75) is 53.0 Å². The molecule has 1 fully saturated rings.